The Labute approximate surface area is 180 Å². The summed E-state index contributed by atoms with van der Waals surface area (Å²) in [4.78, 5) is 19.1. The molecule has 0 aliphatic heterocycles. The van der Waals surface area contributed by atoms with Crippen LogP contribution in [-0.4, -0.2) is 27.9 Å². The van der Waals surface area contributed by atoms with Gasteiger partial charge >= 0.3 is 0 Å². The molecule has 1 aromatic heterocycles. The van der Waals surface area contributed by atoms with Crippen molar-refractivity contribution >= 4 is 34.8 Å². The van der Waals surface area contributed by atoms with Crippen molar-refractivity contribution in [2.75, 3.05) is 12.0 Å². The highest BCUT2D eigenvalue weighted by atomic mass is 127. The first kappa shape index (κ1) is 20.3. The standard InChI is InChI=1S/C20H16IN5O3/c1-2-29-16-9-12(8-15(21)18(16)27)11-23-26-20-24-17(13-6-4-3-5-7-13)14(10-22)19(28)25-20/h3-9,11,27H,2H2,1H3,(H2,24,25,26,28). The Balaban J connectivity index is 1.89. The second-order valence-corrected chi connectivity index (χ2v) is 6.93. The van der Waals surface area contributed by atoms with Gasteiger partial charge in [0, 0.05) is 5.56 Å². The lowest BCUT2D eigenvalue weighted by molar-refractivity contribution is 0.317. The van der Waals surface area contributed by atoms with E-state index in [2.05, 4.69) is 20.5 Å². The molecule has 0 fully saturated rings. The highest BCUT2D eigenvalue weighted by molar-refractivity contribution is 14.1. The van der Waals surface area contributed by atoms with E-state index in [9.17, 15) is 15.2 Å². The normalized spacial score (nSPS) is 10.7. The number of halogens is 1. The molecule has 0 bridgehead atoms. The third kappa shape index (κ3) is 4.72. The fraction of sp³-hybridized carbons (Fsp3) is 0.100. The van der Waals surface area contributed by atoms with Gasteiger partial charge in [0.25, 0.3) is 5.56 Å². The molecule has 0 saturated carbocycles. The van der Waals surface area contributed by atoms with Gasteiger partial charge in [-0.3, -0.25) is 9.78 Å². The molecule has 2 aromatic carbocycles. The molecule has 146 valence electrons. The van der Waals surface area contributed by atoms with Gasteiger partial charge in [-0.05, 0) is 47.2 Å². The van der Waals surface area contributed by atoms with Gasteiger partial charge in [0.1, 0.15) is 11.6 Å². The van der Waals surface area contributed by atoms with Crippen LogP contribution in [0.3, 0.4) is 0 Å². The molecule has 0 radical (unpaired) electrons. The van der Waals surface area contributed by atoms with E-state index in [1.165, 1.54) is 6.21 Å². The number of nitrogens with zero attached hydrogens (tertiary/aromatic N) is 3. The molecule has 8 nitrogen and oxygen atoms in total. The van der Waals surface area contributed by atoms with E-state index in [0.29, 0.717) is 27.1 Å². The van der Waals surface area contributed by atoms with E-state index in [1.54, 1.807) is 36.4 Å². The predicted molar refractivity (Wildman–Crippen MR) is 118 cm³/mol. The number of aromatic nitrogens is 2. The van der Waals surface area contributed by atoms with E-state index in [0.717, 1.165) is 0 Å². The van der Waals surface area contributed by atoms with E-state index in [-0.39, 0.29) is 23.0 Å². The van der Waals surface area contributed by atoms with Gasteiger partial charge in [-0.25, -0.2) is 10.4 Å². The summed E-state index contributed by atoms with van der Waals surface area (Å²) in [6.45, 7) is 2.24. The number of hydrogen-bond donors (Lipinski definition) is 3. The van der Waals surface area contributed by atoms with Gasteiger partial charge < -0.3 is 9.84 Å². The molecule has 3 rings (SSSR count). The van der Waals surface area contributed by atoms with Crippen molar-refractivity contribution in [1.29, 1.82) is 5.26 Å². The maximum atomic E-state index is 12.2. The maximum Gasteiger partial charge on any atom is 0.270 e. The minimum atomic E-state index is -0.558. The van der Waals surface area contributed by atoms with Crippen molar-refractivity contribution in [3.63, 3.8) is 0 Å². The molecular weight excluding hydrogens is 485 g/mol. The number of ether oxygens (including phenoxy) is 1. The van der Waals surface area contributed by atoms with Crippen LogP contribution in [0.2, 0.25) is 0 Å². The Morgan fingerprint density at radius 1 is 1.38 bits per heavy atom. The number of aromatic hydroxyl groups is 1. The zero-order chi connectivity index (χ0) is 20.8. The topological polar surface area (TPSA) is 123 Å². The molecule has 0 atom stereocenters. The number of H-pyrrole nitrogens is 1. The van der Waals surface area contributed by atoms with Crippen LogP contribution in [0.15, 0.2) is 52.4 Å². The second-order valence-electron chi connectivity index (χ2n) is 5.77. The number of hydrogen-bond acceptors (Lipinski definition) is 7. The first-order valence-electron chi connectivity index (χ1n) is 8.57. The summed E-state index contributed by atoms with van der Waals surface area (Å²) in [5.74, 6) is 0.530. The molecule has 9 heteroatoms. The van der Waals surface area contributed by atoms with Crippen LogP contribution in [0.5, 0.6) is 11.5 Å². The van der Waals surface area contributed by atoms with Crippen molar-refractivity contribution in [1.82, 2.24) is 9.97 Å². The average Bonchev–Trinajstić information content (AvgIpc) is 2.72. The summed E-state index contributed by atoms with van der Waals surface area (Å²) >= 11 is 2.00. The maximum absolute atomic E-state index is 12.2. The van der Waals surface area contributed by atoms with Crippen molar-refractivity contribution < 1.29 is 9.84 Å². The van der Waals surface area contributed by atoms with Crippen LogP contribution in [0, 0.1) is 14.9 Å². The molecular formula is C20H16IN5O3. The molecule has 0 saturated heterocycles. The minimum absolute atomic E-state index is 0.0693. The quantitative estimate of drug-likeness (QED) is 0.270. The van der Waals surface area contributed by atoms with E-state index in [4.69, 9.17) is 4.74 Å². The fourth-order valence-corrected chi connectivity index (χ4v) is 3.16. The van der Waals surface area contributed by atoms with Crippen molar-refractivity contribution in [3.05, 3.63) is 67.5 Å². The Bertz CT molecular complexity index is 1150. The second kappa shape index (κ2) is 9.20. The van der Waals surface area contributed by atoms with Gasteiger partial charge in [0.15, 0.2) is 11.5 Å². The van der Waals surface area contributed by atoms with Crippen molar-refractivity contribution in [2.45, 2.75) is 6.92 Å². The zero-order valence-electron chi connectivity index (χ0n) is 15.3. The number of phenols is 1. The van der Waals surface area contributed by atoms with Crippen molar-refractivity contribution in [2.24, 2.45) is 5.10 Å². The highest BCUT2D eigenvalue weighted by Crippen LogP contribution is 2.32. The first-order chi connectivity index (χ1) is 14.0. The van der Waals surface area contributed by atoms with E-state index in [1.807, 2.05) is 41.7 Å². The molecule has 0 amide bonds. The van der Waals surface area contributed by atoms with E-state index < -0.39 is 5.56 Å². The summed E-state index contributed by atoms with van der Waals surface area (Å²) in [7, 11) is 0. The number of hydrazone groups is 1. The molecule has 3 aromatic rings. The lowest BCUT2D eigenvalue weighted by Gasteiger charge is -2.08. The molecule has 0 unspecified atom stereocenters. The zero-order valence-corrected chi connectivity index (χ0v) is 17.5. The van der Waals surface area contributed by atoms with Gasteiger partial charge in [-0.1, -0.05) is 30.3 Å². The molecule has 3 N–H and O–H groups in total. The third-order valence-corrected chi connectivity index (χ3v) is 4.64. The van der Waals surface area contributed by atoms with Crippen LogP contribution in [0.4, 0.5) is 5.95 Å². The summed E-state index contributed by atoms with van der Waals surface area (Å²) in [6.07, 6.45) is 1.50. The smallest absolute Gasteiger partial charge is 0.270 e. The Kier molecular flexibility index (Phi) is 6.46. The van der Waals surface area contributed by atoms with Crippen LogP contribution in [0.25, 0.3) is 11.3 Å². The number of aromatic amines is 1. The van der Waals surface area contributed by atoms with Gasteiger partial charge in [-0.2, -0.15) is 10.4 Å². The monoisotopic (exact) mass is 501 g/mol. The molecule has 0 aliphatic carbocycles. The van der Waals surface area contributed by atoms with Gasteiger partial charge in [0.2, 0.25) is 5.95 Å². The summed E-state index contributed by atoms with van der Waals surface area (Å²) in [6, 6.07) is 14.2. The van der Waals surface area contributed by atoms with Crippen LogP contribution >= 0.6 is 22.6 Å². The fourth-order valence-electron chi connectivity index (χ4n) is 2.54. The summed E-state index contributed by atoms with van der Waals surface area (Å²) in [5.41, 5.74) is 3.64. The minimum Gasteiger partial charge on any atom is -0.504 e. The first-order valence-corrected chi connectivity index (χ1v) is 9.65. The number of anilines is 1. The predicted octanol–water partition coefficient (Wildman–Crippen LogP) is 3.46. The molecule has 29 heavy (non-hydrogen) atoms. The van der Waals surface area contributed by atoms with E-state index >= 15 is 0 Å². The lowest BCUT2D eigenvalue weighted by atomic mass is 10.1. The number of nitrogens with one attached hydrogen (secondary N) is 2. The lowest BCUT2D eigenvalue weighted by Crippen LogP contribution is -2.16. The third-order valence-electron chi connectivity index (χ3n) is 3.81. The number of rotatable bonds is 6. The average molecular weight is 501 g/mol. The van der Waals surface area contributed by atoms with Crippen LogP contribution in [-0.2, 0) is 0 Å². The highest BCUT2D eigenvalue weighted by Gasteiger charge is 2.13. The number of nitriles is 1. The SMILES string of the molecule is CCOc1cc(C=NNc2nc(-c3ccccc3)c(C#N)c(=O)[nH]2)cc(I)c1O. The Morgan fingerprint density at radius 3 is 2.83 bits per heavy atom. The van der Waals surface area contributed by atoms with Crippen molar-refractivity contribution in [3.8, 4) is 28.8 Å². The van der Waals surface area contributed by atoms with Crippen LogP contribution in [0.1, 0.15) is 18.1 Å². The van der Waals surface area contributed by atoms with Crippen LogP contribution < -0.4 is 15.7 Å². The Hall–Kier alpha value is -3.39. The molecule has 0 aliphatic rings. The summed E-state index contributed by atoms with van der Waals surface area (Å²) < 4.78 is 6.02. The largest absolute Gasteiger partial charge is 0.504 e. The van der Waals surface area contributed by atoms with Gasteiger partial charge in [-0.15, -0.1) is 0 Å². The Morgan fingerprint density at radius 2 is 2.14 bits per heavy atom. The van der Waals surface area contributed by atoms with Gasteiger partial charge in [0.05, 0.1) is 22.1 Å². The summed E-state index contributed by atoms with van der Waals surface area (Å²) in [5, 5.41) is 23.4. The number of benzene rings is 2. The number of phenolic OH excluding ortho intramolecular Hbond substituents is 1. The molecule has 1 heterocycles. The molecule has 0 spiro atoms.